The van der Waals surface area contributed by atoms with Crippen molar-refractivity contribution in [3.8, 4) is 0 Å². The molecule has 3 aliphatic heterocycles. The summed E-state index contributed by atoms with van der Waals surface area (Å²) in [6, 6.07) is 7.04. The van der Waals surface area contributed by atoms with Crippen molar-refractivity contribution in [2.75, 3.05) is 0 Å². The topological polar surface area (TPSA) is 68.0 Å². The highest BCUT2D eigenvalue weighted by Crippen LogP contribution is 2.51. The van der Waals surface area contributed by atoms with Crippen molar-refractivity contribution in [3.05, 3.63) is 39.9 Å². The van der Waals surface area contributed by atoms with Crippen LogP contribution in [0.15, 0.2) is 29.3 Å². The third-order valence-corrected chi connectivity index (χ3v) is 5.94. The monoisotopic (exact) mass is 313 g/mol. The summed E-state index contributed by atoms with van der Waals surface area (Å²) in [5.41, 5.74) is 0.785. The number of hydroxylamine groups is 2. The van der Waals surface area contributed by atoms with Gasteiger partial charge < -0.3 is 4.84 Å². The van der Waals surface area contributed by atoms with Gasteiger partial charge in [0.2, 0.25) is 5.90 Å². The summed E-state index contributed by atoms with van der Waals surface area (Å²) in [5, 5.41) is 13.1. The molecule has 0 aromatic heterocycles. The highest BCUT2D eigenvalue weighted by molar-refractivity contribution is 5.95. The van der Waals surface area contributed by atoms with Gasteiger partial charge in [0.1, 0.15) is 6.17 Å². The smallest absolute Gasteiger partial charge is 0.270 e. The minimum atomic E-state index is -0.375. The molecule has 5 aliphatic rings. The van der Waals surface area contributed by atoms with Crippen LogP contribution >= 0.6 is 0 Å². The lowest BCUT2D eigenvalue weighted by atomic mass is 9.68. The summed E-state index contributed by atoms with van der Waals surface area (Å²) >= 11 is 0. The average molecular weight is 313 g/mol. The molecular weight excluding hydrogens is 294 g/mol. The standard InChI is InChI=1S/C17H19N3O3/c21-20(22)14-3-1-2-12(9-14)17-18-16-13-5-10-4-11(6-13)8-15(7-10)19(16)23-17/h1-3,9-11,13,15-16H,4-8H2. The molecular formula is C17H19N3O3. The SMILES string of the molecule is O=[N+]([O-])c1cccc(C2=NC3C4CC5CC(C4)CC(C5)N3O2)c1. The van der Waals surface area contributed by atoms with Crippen LogP contribution in [0.4, 0.5) is 5.69 Å². The van der Waals surface area contributed by atoms with Gasteiger partial charge in [-0.25, -0.2) is 4.99 Å². The molecule has 0 spiro atoms. The van der Waals surface area contributed by atoms with Crippen LogP contribution < -0.4 is 0 Å². The van der Waals surface area contributed by atoms with Crippen LogP contribution in [0.25, 0.3) is 0 Å². The number of nitro groups is 1. The summed E-state index contributed by atoms with van der Waals surface area (Å²) in [6.45, 7) is 0. The van der Waals surface area contributed by atoms with Crippen molar-refractivity contribution < 1.29 is 9.76 Å². The van der Waals surface area contributed by atoms with E-state index in [1.54, 1.807) is 12.1 Å². The summed E-state index contributed by atoms with van der Waals surface area (Å²) in [5.74, 6) is 2.79. The Labute approximate surface area is 134 Å². The fourth-order valence-corrected chi connectivity index (χ4v) is 5.16. The number of benzene rings is 1. The van der Waals surface area contributed by atoms with Gasteiger partial charge in [-0.3, -0.25) is 10.1 Å². The zero-order valence-corrected chi connectivity index (χ0v) is 12.8. The first kappa shape index (κ1) is 13.5. The number of nitrogens with zero attached hydrogens (tertiary/aromatic N) is 3. The molecule has 2 saturated carbocycles. The Morgan fingerprint density at radius 3 is 2.70 bits per heavy atom. The van der Waals surface area contributed by atoms with E-state index >= 15 is 0 Å². The van der Waals surface area contributed by atoms with Crippen LogP contribution in [0.5, 0.6) is 0 Å². The van der Waals surface area contributed by atoms with E-state index < -0.39 is 0 Å². The van der Waals surface area contributed by atoms with E-state index in [1.165, 1.54) is 38.2 Å². The van der Waals surface area contributed by atoms with Gasteiger partial charge in [0, 0.05) is 23.7 Å². The number of hydrogen-bond donors (Lipinski definition) is 0. The first-order valence-electron chi connectivity index (χ1n) is 8.46. The molecule has 2 aliphatic carbocycles. The van der Waals surface area contributed by atoms with E-state index in [9.17, 15) is 10.1 Å². The lowest BCUT2D eigenvalue weighted by molar-refractivity contribution is -0.384. The summed E-state index contributed by atoms with van der Waals surface area (Å²) in [7, 11) is 0. The van der Waals surface area contributed by atoms with Gasteiger partial charge >= 0.3 is 0 Å². The van der Waals surface area contributed by atoms with Crippen LogP contribution in [-0.2, 0) is 4.84 Å². The molecule has 6 heteroatoms. The molecule has 1 aromatic carbocycles. The molecule has 0 N–H and O–H groups in total. The third-order valence-electron chi connectivity index (χ3n) is 5.94. The van der Waals surface area contributed by atoms with Gasteiger partial charge in [-0.2, -0.15) is 0 Å². The van der Waals surface area contributed by atoms with Crippen LogP contribution in [0.1, 0.15) is 37.7 Å². The predicted molar refractivity (Wildman–Crippen MR) is 83.7 cm³/mol. The van der Waals surface area contributed by atoms with Gasteiger partial charge in [-0.1, -0.05) is 6.07 Å². The normalized spacial score (nSPS) is 37.9. The molecule has 3 atom stereocenters. The average Bonchev–Trinajstić information content (AvgIpc) is 2.93. The van der Waals surface area contributed by atoms with Gasteiger partial charge in [-0.15, -0.1) is 5.06 Å². The second-order valence-corrected chi connectivity index (χ2v) is 7.43. The maximum atomic E-state index is 11.0. The fraction of sp³-hybridized carbons (Fsp3) is 0.588. The molecule has 1 aromatic rings. The summed E-state index contributed by atoms with van der Waals surface area (Å²) in [6.07, 6.45) is 6.41. The van der Waals surface area contributed by atoms with Crippen molar-refractivity contribution in [1.29, 1.82) is 0 Å². The Morgan fingerprint density at radius 1 is 1.17 bits per heavy atom. The van der Waals surface area contributed by atoms with Crippen LogP contribution in [0, 0.1) is 27.9 Å². The van der Waals surface area contributed by atoms with Gasteiger partial charge in [0.25, 0.3) is 5.69 Å². The molecule has 23 heavy (non-hydrogen) atoms. The number of hydrogen-bond acceptors (Lipinski definition) is 5. The van der Waals surface area contributed by atoms with E-state index in [-0.39, 0.29) is 16.8 Å². The first-order chi connectivity index (χ1) is 11.2. The van der Waals surface area contributed by atoms with Gasteiger partial charge in [0.15, 0.2) is 0 Å². The molecule has 4 bridgehead atoms. The fourth-order valence-electron chi connectivity index (χ4n) is 5.16. The minimum absolute atomic E-state index is 0.0809. The Hall–Kier alpha value is -1.95. The highest BCUT2D eigenvalue weighted by atomic mass is 16.7. The minimum Gasteiger partial charge on any atom is -0.383 e. The molecule has 6 nitrogen and oxygen atoms in total. The maximum Gasteiger partial charge on any atom is 0.270 e. The molecule has 2 saturated heterocycles. The Kier molecular flexibility index (Phi) is 2.80. The Morgan fingerprint density at radius 2 is 1.96 bits per heavy atom. The second kappa shape index (κ2) is 4.77. The van der Waals surface area contributed by atoms with E-state index in [1.807, 2.05) is 6.07 Å². The largest absolute Gasteiger partial charge is 0.383 e. The summed E-state index contributed by atoms with van der Waals surface area (Å²) in [4.78, 5) is 21.5. The van der Waals surface area contributed by atoms with Crippen molar-refractivity contribution in [2.45, 2.75) is 44.3 Å². The van der Waals surface area contributed by atoms with E-state index in [2.05, 4.69) is 5.06 Å². The lowest BCUT2D eigenvalue weighted by Crippen LogP contribution is -2.40. The van der Waals surface area contributed by atoms with E-state index in [0.29, 0.717) is 23.4 Å². The molecule has 3 heterocycles. The highest BCUT2D eigenvalue weighted by Gasteiger charge is 2.51. The molecule has 120 valence electrons. The zero-order valence-electron chi connectivity index (χ0n) is 12.8. The number of rotatable bonds is 2. The number of non-ortho nitro benzene ring substituents is 1. The van der Waals surface area contributed by atoms with Crippen LogP contribution in [0.2, 0.25) is 0 Å². The quantitative estimate of drug-likeness (QED) is 0.621. The number of nitro benzene ring substituents is 1. The Bertz CT molecular complexity index is 690. The predicted octanol–water partition coefficient (Wildman–Crippen LogP) is 3.12. The molecule has 4 fully saturated rings. The van der Waals surface area contributed by atoms with Crippen molar-refractivity contribution in [2.24, 2.45) is 22.7 Å². The van der Waals surface area contributed by atoms with Crippen molar-refractivity contribution in [1.82, 2.24) is 5.06 Å². The molecule has 6 rings (SSSR count). The Balaban J connectivity index is 1.49. The second-order valence-electron chi connectivity index (χ2n) is 7.43. The molecule has 3 unspecified atom stereocenters. The van der Waals surface area contributed by atoms with Gasteiger partial charge in [-0.05, 0) is 55.9 Å². The lowest BCUT2D eigenvalue weighted by Gasteiger charge is -2.38. The van der Waals surface area contributed by atoms with Crippen LogP contribution in [0.3, 0.4) is 0 Å². The van der Waals surface area contributed by atoms with E-state index in [4.69, 9.17) is 9.83 Å². The molecule has 0 radical (unpaired) electrons. The van der Waals surface area contributed by atoms with E-state index in [0.717, 1.165) is 11.8 Å². The first-order valence-corrected chi connectivity index (χ1v) is 8.46. The van der Waals surface area contributed by atoms with Gasteiger partial charge in [0.05, 0.1) is 4.92 Å². The molecule has 0 amide bonds. The van der Waals surface area contributed by atoms with Crippen molar-refractivity contribution >= 4 is 11.6 Å². The van der Waals surface area contributed by atoms with Crippen LogP contribution in [-0.4, -0.2) is 28.1 Å². The maximum absolute atomic E-state index is 11.0. The third kappa shape index (κ3) is 2.08. The zero-order chi connectivity index (χ0) is 15.6. The van der Waals surface area contributed by atoms with Crippen molar-refractivity contribution in [3.63, 3.8) is 0 Å². The summed E-state index contributed by atoms with van der Waals surface area (Å²) < 4.78 is 0. The number of aliphatic imine (C=N–C) groups is 1.